The Morgan fingerprint density at radius 1 is 1.26 bits per heavy atom. The van der Waals surface area contributed by atoms with E-state index in [1.807, 2.05) is 0 Å². The molecule has 1 aliphatic rings. The number of nitro groups is 1. The van der Waals surface area contributed by atoms with E-state index in [2.05, 4.69) is 4.98 Å². The molecule has 0 fully saturated rings. The number of nitrogens with zero attached hydrogens (tertiary/aromatic N) is 3. The second-order valence-electron chi connectivity index (χ2n) is 5.97. The number of halogens is 3. The SMILES string of the molecule is O=[N+]([O-])c1cc2c(c(Cn3c(C(F)(F)F)nc4ccccc43)c1)OCOC2. The van der Waals surface area contributed by atoms with Crippen molar-refractivity contribution < 1.29 is 27.6 Å². The fourth-order valence-corrected chi connectivity index (χ4v) is 3.13. The zero-order chi connectivity index (χ0) is 19.2. The topological polar surface area (TPSA) is 79.4 Å². The van der Waals surface area contributed by atoms with Crippen molar-refractivity contribution in [3.05, 3.63) is 63.5 Å². The lowest BCUT2D eigenvalue weighted by molar-refractivity contribution is -0.385. The number of non-ortho nitro benzene ring substituents is 1. The highest BCUT2D eigenvalue weighted by atomic mass is 19.4. The van der Waals surface area contributed by atoms with Crippen LogP contribution in [-0.2, 0) is 24.1 Å². The fraction of sp³-hybridized carbons (Fsp3) is 0.235. The minimum absolute atomic E-state index is 0.0748. The molecule has 0 atom stereocenters. The molecule has 7 nitrogen and oxygen atoms in total. The lowest BCUT2D eigenvalue weighted by Gasteiger charge is -2.21. The van der Waals surface area contributed by atoms with E-state index >= 15 is 0 Å². The van der Waals surface area contributed by atoms with Gasteiger partial charge in [-0.2, -0.15) is 13.2 Å². The number of nitro benzene ring substituents is 1. The maximum absolute atomic E-state index is 13.5. The van der Waals surface area contributed by atoms with Crippen molar-refractivity contribution in [1.82, 2.24) is 9.55 Å². The summed E-state index contributed by atoms with van der Waals surface area (Å²) < 4.78 is 52.0. The van der Waals surface area contributed by atoms with E-state index in [-0.39, 0.29) is 42.2 Å². The van der Waals surface area contributed by atoms with Crippen LogP contribution in [0.2, 0.25) is 0 Å². The summed E-state index contributed by atoms with van der Waals surface area (Å²) in [6, 6.07) is 8.72. The molecule has 4 rings (SSSR count). The molecule has 0 N–H and O–H groups in total. The predicted octanol–water partition coefficient (Wildman–Crippen LogP) is 3.88. The molecular weight excluding hydrogens is 367 g/mol. The molecule has 0 bridgehead atoms. The number of imidazole rings is 1. The molecule has 27 heavy (non-hydrogen) atoms. The predicted molar refractivity (Wildman–Crippen MR) is 87.2 cm³/mol. The lowest BCUT2D eigenvalue weighted by atomic mass is 10.1. The number of hydrogen-bond acceptors (Lipinski definition) is 5. The normalized spacial score (nSPS) is 14.0. The smallest absolute Gasteiger partial charge is 0.449 e. The number of ether oxygens (including phenoxy) is 2. The number of aromatic nitrogens is 2. The van der Waals surface area contributed by atoms with Gasteiger partial charge in [0.1, 0.15) is 5.75 Å². The van der Waals surface area contributed by atoms with E-state index in [9.17, 15) is 23.3 Å². The fourth-order valence-electron chi connectivity index (χ4n) is 3.13. The maximum Gasteiger partial charge on any atom is 0.449 e. The van der Waals surface area contributed by atoms with Crippen LogP contribution in [0.4, 0.5) is 18.9 Å². The lowest BCUT2D eigenvalue weighted by Crippen LogP contribution is -2.18. The molecule has 10 heteroatoms. The van der Waals surface area contributed by atoms with Gasteiger partial charge in [-0.05, 0) is 12.1 Å². The third-order valence-corrected chi connectivity index (χ3v) is 4.22. The van der Waals surface area contributed by atoms with Gasteiger partial charge in [0.25, 0.3) is 5.69 Å². The van der Waals surface area contributed by atoms with Crippen molar-refractivity contribution in [3.8, 4) is 5.75 Å². The van der Waals surface area contributed by atoms with Crippen molar-refractivity contribution >= 4 is 16.7 Å². The van der Waals surface area contributed by atoms with Crippen LogP contribution in [0.1, 0.15) is 17.0 Å². The highest BCUT2D eigenvalue weighted by Gasteiger charge is 2.38. The molecule has 0 aliphatic carbocycles. The first-order chi connectivity index (χ1) is 12.8. The van der Waals surface area contributed by atoms with Gasteiger partial charge in [-0.25, -0.2) is 4.98 Å². The van der Waals surface area contributed by atoms with E-state index in [1.165, 1.54) is 24.3 Å². The molecule has 140 valence electrons. The van der Waals surface area contributed by atoms with E-state index in [0.717, 1.165) is 4.57 Å². The third-order valence-electron chi connectivity index (χ3n) is 4.22. The van der Waals surface area contributed by atoms with Gasteiger partial charge in [-0.15, -0.1) is 0 Å². The summed E-state index contributed by atoms with van der Waals surface area (Å²) in [4.78, 5) is 14.3. The highest BCUT2D eigenvalue weighted by Crippen LogP contribution is 2.36. The van der Waals surface area contributed by atoms with E-state index in [0.29, 0.717) is 11.3 Å². The standard InChI is InChI=1S/C17H12F3N3O4/c18-17(19,20)16-21-13-3-1-2-4-14(13)22(16)7-10-5-12(23(24)25)6-11-8-26-9-27-15(10)11/h1-6H,7-9H2. The van der Waals surface area contributed by atoms with E-state index in [1.54, 1.807) is 12.1 Å². The van der Waals surface area contributed by atoms with Crippen LogP contribution >= 0.6 is 0 Å². The maximum atomic E-state index is 13.5. The summed E-state index contributed by atoms with van der Waals surface area (Å²) in [5.74, 6) is -0.770. The Morgan fingerprint density at radius 3 is 2.78 bits per heavy atom. The number of rotatable bonds is 3. The molecule has 0 saturated heterocycles. The Kier molecular flexibility index (Phi) is 3.99. The van der Waals surface area contributed by atoms with Crippen molar-refractivity contribution in [2.75, 3.05) is 6.79 Å². The summed E-state index contributed by atoms with van der Waals surface area (Å²) in [6.07, 6.45) is -4.68. The van der Waals surface area contributed by atoms with Crippen LogP contribution in [0.5, 0.6) is 5.75 Å². The zero-order valence-corrected chi connectivity index (χ0v) is 13.7. The molecule has 0 unspecified atom stereocenters. The molecule has 3 aromatic rings. The first kappa shape index (κ1) is 17.3. The second kappa shape index (κ2) is 6.23. The van der Waals surface area contributed by atoms with Gasteiger partial charge in [0.15, 0.2) is 6.79 Å². The van der Waals surface area contributed by atoms with Crippen molar-refractivity contribution in [2.24, 2.45) is 0 Å². The third kappa shape index (κ3) is 3.08. The van der Waals surface area contributed by atoms with Crippen LogP contribution in [0.25, 0.3) is 11.0 Å². The highest BCUT2D eigenvalue weighted by molar-refractivity contribution is 5.76. The van der Waals surface area contributed by atoms with E-state index < -0.39 is 16.9 Å². The summed E-state index contributed by atoms with van der Waals surface area (Å²) in [6.45, 7) is -0.269. The van der Waals surface area contributed by atoms with Crippen molar-refractivity contribution in [3.63, 3.8) is 0 Å². The van der Waals surface area contributed by atoms with Crippen LogP contribution in [0.3, 0.4) is 0 Å². The summed E-state index contributed by atoms with van der Waals surface area (Å²) in [5.41, 5.74) is 0.904. The molecule has 2 aromatic carbocycles. The Bertz CT molecular complexity index is 1050. The monoisotopic (exact) mass is 379 g/mol. The molecule has 0 spiro atoms. The van der Waals surface area contributed by atoms with Gasteiger partial charge in [0, 0.05) is 23.3 Å². The molecule has 0 amide bonds. The minimum atomic E-state index is -4.68. The largest absolute Gasteiger partial charge is 0.467 e. The first-order valence-corrected chi connectivity index (χ1v) is 7.88. The molecule has 0 radical (unpaired) electrons. The zero-order valence-electron chi connectivity index (χ0n) is 13.7. The minimum Gasteiger partial charge on any atom is -0.467 e. The Hall–Kier alpha value is -3.14. The van der Waals surface area contributed by atoms with Gasteiger partial charge >= 0.3 is 6.18 Å². The molecule has 0 saturated carbocycles. The average Bonchev–Trinajstić information content (AvgIpc) is 3.00. The Morgan fingerprint density at radius 2 is 2.04 bits per heavy atom. The van der Waals surface area contributed by atoms with Crippen LogP contribution in [0.15, 0.2) is 36.4 Å². The van der Waals surface area contributed by atoms with Crippen LogP contribution < -0.4 is 4.74 Å². The van der Waals surface area contributed by atoms with Gasteiger partial charge in [-0.3, -0.25) is 10.1 Å². The molecule has 1 aliphatic heterocycles. The van der Waals surface area contributed by atoms with E-state index in [4.69, 9.17) is 9.47 Å². The Balaban J connectivity index is 1.90. The van der Waals surface area contributed by atoms with Gasteiger partial charge < -0.3 is 14.0 Å². The second-order valence-corrected chi connectivity index (χ2v) is 5.97. The van der Waals surface area contributed by atoms with Gasteiger partial charge in [0.2, 0.25) is 5.82 Å². The average molecular weight is 379 g/mol. The summed E-state index contributed by atoms with van der Waals surface area (Å²) in [5, 5.41) is 11.2. The van der Waals surface area contributed by atoms with Gasteiger partial charge in [-0.1, -0.05) is 12.1 Å². The van der Waals surface area contributed by atoms with Crippen molar-refractivity contribution in [2.45, 2.75) is 19.3 Å². The Labute approximate surface area is 150 Å². The first-order valence-electron chi connectivity index (χ1n) is 7.88. The van der Waals surface area contributed by atoms with Gasteiger partial charge in [0.05, 0.1) is 29.1 Å². The molecule has 1 aromatic heterocycles. The summed E-state index contributed by atoms with van der Waals surface area (Å²) in [7, 11) is 0. The number of para-hydroxylation sites is 2. The quantitative estimate of drug-likeness (QED) is 0.510. The number of fused-ring (bicyclic) bond motifs is 2. The molecular formula is C17H12F3N3O4. The van der Waals surface area contributed by atoms with Crippen LogP contribution in [-0.4, -0.2) is 21.3 Å². The summed E-state index contributed by atoms with van der Waals surface area (Å²) >= 11 is 0. The number of alkyl halides is 3. The number of hydrogen-bond donors (Lipinski definition) is 0. The van der Waals surface area contributed by atoms with Crippen LogP contribution in [0, 0.1) is 10.1 Å². The van der Waals surface area contributed by atoms with Crippen molar-refractivity contribution in [1.29, 1.82) is 0 Å². The number of benzene rings is 2. The molecule has 2 heterocycles.